The molecule has 0 aliphatic rings. The molecule has 0 saturated carbocycles. The Hall–Kier alpha value is -1.68. The third-order valence-corrected chi connectivity index (χ3v) is 2.79. The van der Waals surface area contributed by atoms with E-state index in [2.05, 4.69) is 30.9 Å². The summed E-state index contributed by atoms with van der Waals surface area (Å²) in [5.41, 5.74) is 7.42. The molecule has 4 nitrogen and oxygen atoms in total. The van der Waals surface area contributed by atoms with Crippen molar-refractivity contribution in [1.29, 1.82) is 0 Å². The Morgan fingerprint density at radius 1 is 1.21 bits per heavy atom. The summed E-state index contributed by atoms with van der Waals surface area (Å²) in [5, 5.41) is 4.00. The van der Waals surface area contributed by atoms with Crippen LogP contribution in [0.3, 0.4) is 0 Å². The van der Waals surface area contributed by atoms with E-state index in [1.54, 1.807) is 0 Å². The zero-order valence-electron chi connectivity index (χ0n) is 11.8. The molecule has 1 aromatic carbocycles. The van der Waals surface area contributed by atoms with Crippen LogP contribution in [0.4, 0.5) is 0 Å². The molecule has 2 N–H and O–H groups in total. The lowest BCUT2D eigenvalue weighted by Gasteiger charge is -2.14. The van der Waals surface area contributed by atoms with E-state index >= 15 is 0 Å². The van der Waals surface area contributed by atoms with Crippen molar-refractivity contribution in [3.8, 4) is 0 Å². The van der Waals surface area contributed by atoms with E-state index < -0.39 is 0 Å². The SMILES string of the molecule is CC(C)(C)Cc1noc([C@@H](N)Cc2ccccc2)n1. The first-order valence-corrected chi connectivity index (χ1v) is 6.56. The number of aromatic nitrogens is 2. The van der Waals surface area contributed by atoms with Gasteiger partial charge in [-0.15, -0.1) is 0 Å². The Morgan fingerprint density at radius 3 is 2.53 bits per heavy atom. The second-order valence-corrected chi connectivity index (χ2v) is 6.08. The van der Waals surface area contributed by atoms with Gasteiger partial charge in [0.05, 0.1) is 6.04 Å². The average molecular weight is 259 g/mol. The Labute approximate surface area is 114 Å². The van der Waals surface area contributed by atoms with Crippen molar-refractivity contribution < 1.29 is 4.52 Å². The summed E-state index contributed by atoms with van der Waals surface area (Å²) >= 11 is 0. The number of hydrogen-bond donors (Lipinski definition) is 1. The van der Waals surface area contributed by atoms with Gasteiger partial charge < -0.3 is 10.3 Å². The van der Waals surface area contributed by atoms with Crippen LogP contribution in [0.2, 0.25) is 0 Å². The normalized spacial score (nSPS) is 13.5. The van der Waals surface area contributed by atoms with Crippen LogP contribution >= 0.6 is 0 Å². The van der Waals surface area contributed by atoms with Gasteiger partial charge in [-0.05, 0) is 17.4 Å². The molecule has 0 unspecified atom stereocenters. The zero-order valence-corrected chi connectivity index (χ0v) is 11.8. The fourth-order valence-electron chi connectivity index (χ4n) is 1.92. The first-order valence-electron chi connectivity index (χ1n) is 6.56. The lowest BCUT2D eigenvalue weighted by molar-refractivity contribution is 0.339. The first-order chi connectivity index (χ1) is 8.94. The molecule has 2 aromatic rings. The highest BCUT2D eigenvalue weighted by atomic mass is 16.5. The topological polar surface area (TPSA) is 64.9 Å². The smallest absolute Gasteiger partial charge is 0.243 e. The Kier molecular flexibility index (Phi) is 4.00. The summed E-state index contributed by atoms with van der Waals surface area (Å²) in [7, 11) is 0. The largest absolute Gasteiger partial charge is 0.338 e. The van der Waals surface area contributed by atoms with Gasteiger partial charge in [0.2, 0.25) is 5.89 Å². The summed E-state index contributed by atoms with van der Waals surface area (Å²) in [6.45, 7) is 6.44. The lowest BCUT2D eigenvalue weighted by atomic mass is 9.92. The number of hydrogen-bond acceptors (Lipinski definition) is 4. The maximum Gasteiger partial charge on any atom is 0.243 e. The molecule has 0 radical (unpaired) electrons. The molecule has 0 aliphatic heterocycles. The van der Waals surface area contributed by atoms with Gasteiger partial charge in [0.1, 0.15) is 0 Å². The quantitative estimate of drug-likeness (QED) is 0.917. The molecule has 0 fully saturated rings. The lowest BCUT2D eigenvalue weighted by Crippen LogP contribution is -2.14. The van der Waals surface area contributed by atoms with E-state index in [0.717, 1.165) is 12.2 Å². The molecule has 1 aromatic heterocycles. The highest BCUT2D eigenvalue weighted by Crippen LogP contribution is 2.20. The molecule has 0 saturated heterocycles. The number of benzene rings is 1. The second kappa shape index (κ2) is 5.53. The molecule has 1 heterocycles. The van der Waals surface area contributed by atoms with Crippen LogP contribution in [0.1, 0.15) is 44.1 Å². The van der Waals surface area contributed by atoms with Crippen LogP contribution < -0.4 is 5.73 Å². The highest BCUT2D eigenvalue weighted by molar-refractivity contribution is 5.16. The van der Waals surface area contributed by atoms with Gasteiger partial charge in [-0.3, -0.25) is 0 Å². The van der Waals surface area contributed by atoms with Gasteiger partial charge in [-0.25, -0.2) is 0 Å². The van der Waals surface area contributed by atoms with E-state index in [9.17, 15) is 0 Å². The van der Waals surface area contributed by atoms with Crippen LogP contribution in [0, 0.1) is 5.41 Å². The molecule has 0 bridgehead atoms. The minimum atomic E-state index is -0.247. The second-order valence-electron chi connectivity index (χ2n) is 6.08. The van der Waals surface area contributed by atoms with Crippen molar-refractivity contribution in [2.75, 3.05) is 0 Å². The molecule has 2 rings (SSSR count). The Bertz CT molecular complexity index is 514. The van der Waals surface area contributed by atoms with Gasteiger partial charge in [-0.1, -0.05) is 56.3 Å². The minimum absolute atomic E-state index is 0.144. The summed E-state index contributed by atoms with van der Waals surface area (Å²) in [6, 6.07) is 9.84. The predicted molar refractivity (Wildman–Crippen MR) is 74.5 cm³/mol. The maximum absolute atomic E-state index is 6.11. The van der Waals surface area contributed by atoms with Crippen LogP contribution in [0.25, 0.3) is 0 Å². The fraction of sp³-hybridized carbons (Fsp3) is 0.467. The first kappa shape index (κ1) is 13.7. The number of nitrogens with two attached hydrogens (primary N) is 1. The third-order valence-electron chi connectivity index (χ3n) is 2.79. The number of nitrogens with zero attached hydrogens (tertiary/aromatic N) is 2. The highest BCUT2D eigenvalue weighted by Gasteiger charge is 2.19. The molecule has 19 heavy (non-hydrogen) atoms. The van der Waals surface area contributed by atoms with E-state index in [-0.39, 0.29) is 11.5 Å². The van der Waals surface area contributed by atoms with E-state index in [1.807, 2.05) is 30.3 Å². The van der Waals surface area contributed by atoms with Crippen LogP contribution in [0.15, 0.2) is 34.9 Å². The molecule has 0 aliphatic carbocycles. The van der Waals surface area contributed by atoms with Crippen molar-refractivity contribution in [3.05, 3.63) is 47.6 Å². The van der Waals surface area contributed by atoms with E-state index in [4.69, 9.17) is 10.3 Å². The van der Waals surface area contributed by atoms with Crippen molar-refractivity contribution in [2.45, 2.75) is 39.7 Å². The van der Waals surface area contributed by atoms with Gasteiger partial charge in [0, 0.05) is 6.42 Å². The van der Waals surface area contributed by atoms with Crippen molar-refractivity contribution in [2.24, 2.45) is 11.1 Å². The van der Waals surface area contributed by atoms with Crippen LogP contribution in [-0.4, -0.2) is 10.1 Å². The van der Waals surface area contributed by atoms with E-state index in [0.29, 0.717) is 12.3 Å². The Morgan fingerprint density at radius 2 is 1.89 bits per heavy atom. The van der Waals surface area contributed by atoms with Crippen molar-refractivity contribution >= 4 is 0 Å². The number of rotatable bonds is 4. The van der Waals surface area contributed by atoms with Gasteiger partial charge in [0.15, 0.2) is 5.82 Å². The minimum Gasteiger partial charge on any atom is -0.338 e. The van der Waals surface area contributed by atoms with Gasteiger partial charge >= 0.3 is 0 Å². The van der Waals surface area contributed by atoms with Crippen LogP contribution in [-0.2, 0) is 12.8 Å². The maximum atomic E-state index is 6.11. The third kappa shape index (κ3) is 4.17. The zero-order chi connectivity index (χ0) is 13.9. The average Bonchev–Trinajstić information content (AvgIpc) is 2.76. The standard InChI is InChI=1S/C15H21N3O/c1-15(2,3)10-13-17-14(19-18-13)12(16)9-11-7-5-4-6-8-11/h4-8,12H,9-10,16H2,1-3H3/t12-/m0/s1. The molecular weight excluding hydrogens is 238 g/mol. The Balaban J connectivity index is 2.02. The van der Waals surface area contributed by atoms with E-state index in [1.165, 1.54) is 5.56 Å². The van der Waals surface area contributed by atoms with Crippen LogP contribution in [0.5, 0.6) is 0 Å². The van der Waals surface area contributed by atoms with Crippen molar-refractivity contribution in [1.82, 2.24) is 10.1 Å². The summed E-state index contributed by atoms with van der Waals surface area (Å²) in [5.74, 6) is 1.24. The van der Waals surface area contributed by atoms with Gasteiger partial charge in [-0.2, -0.15) is 4.98 Å². The molecule has 1 atom stereocenters. The molecule has 4 heteroatoms. The molecule has 0 spiro atoms. The molecule has 102 valence electrons. The predicted octanol–water partition coefficient (Wildman–Crippen LogP) is 2.90. The summed E-state index contributed by atoms with van der Waals surface area (Å²) < 4.78 is 5.26. The monoisotopic (exact) mass is 259 g/mol. The molecule has 0 amide bonds. The molecular formula is C15H21N3O. The summed E-state index contributed by atoms with van der Waals surface area (Å²) in [6.07, 6.45) is 1.49. The fourth-order valence-corrected chi connectivity index (χ4v) is 1.92. The van der Waals surface area contributed by atoms with Crippen molar-refractivity contribution in [3.63, 3.8) is 0 Å². The summed E-state index contributed by atoms with van der Waals surface area (Å²) in [4.78, 5) is 4.39. The van der Waals surface area contributed by atoms with Gasteiger partial charge in [0.25, 0.3) is 0 Å².